The second kappa shape index (κ2) is 15.5. The molecule has 1 aliphatic rings. The van der Waals surface area contributed by atoms with Crippen LogP contribution in [0.25, 0.3) is 0 Å². The maximum Gasteiger partial charge on any atom is 0.244 e. The fourth-order valence-electron chi connectivity index (χ4n) is 4.80. The number of carbonyl (C=O) groups is 2. The van der Waals surface area contributed by atoms with E-state index in [0.717, 1.165) is 22.7 Å². The minimum absolute atomic E-state index is 0.00439. The van der Waals surface area contributed by atoms with E-state index in [1.807, 2.05) is 37.3 Å². The number of halogens is 2. The van der Waals surface area contributed by atoms with Gasteiger partial charge in [-0.05, 0) is 48.7 Å². The highest BCUT2D eigenvalue weighted by atomic mass is 35.5. The van der Waals surface area contributed by atoms with Gasteiger partial charge in [0.05, 0.1) is 21.5 Å². The van der Waals surface area contributed by atoms with E-state index < -0.39 is 28.5 Å². The Hall–Kier alpha value is -3.47. The van der Waals surface area contributed by atoms with Gasteiger partial charge in [-0.1, -0.05) is 72.9 Å². The van der Waals surface area contributed by atoms with Gasteiger partial charge in [0.1, 0.15) is 25.8 Å². The number of nitrogens with zero attached hydrogens (tertiary/aromatic N) is 2. The van der Waals surface area contributed by atoms with E-state index in [2.05, 4.69) is 5.32 Å². The molecule has 1 N–H and O–H groups in total. The smallest absolute Gasteiger partial charge is 0.244 e. The molecule has 0 saturated carbocycles. The molecule has 0 aromatic heterocycles. The molecule has 1 aliphatic heterocycles. The predicted octanol–water partition coefficient (Wildman–Crippen LogP) is 5.48. The van der Waals surface area contributed by atoms with E-state index >= 15 is 0 Å². The van der Waals surface area contributed by atoms with Crippen molar-refractivity contribution in [2.45, 2.75) is 45.7 Å². The van der Waals surface area contributed by atoms with Crippen molar-refractivity contribution >= 4 is 50.7 Å². The van der Waals surface area contributed by atoms with Crippen LogP contribution in [0.2, 0.25) is 10.0 Å². The number of rotatable bonds is 14. The Labute approximate surface area is 269 Å². The Balaban J connectivity index is 1.75. The number of hydrogen-bond donors (Lipinski definition) is 1. The van der Waals surface area contributed by atoms with Gasteiger partial charge in [0.2, 0.25) is 21.8 Å². The van der Waals surface area contributed by atoms with Crippen LogP contribution in [-0.4, -0.2) is 63.2 Å². The number of fused-ring (bicyclic) bond motifs is 1. The number of anilines is 1. The summed E-state index contributed by atoms with van der Waals surface area (Å²) in [4.78, 5) is 29.5. The lowest BCUT2D eigenvalue weighted by atomic mass is 10.0. The molecule has 0 radical (unpaired) electrons. The van der Waals surface area contributed by atoms with Crippen LogP contribution in [-0.2, 0) is 32.6 Å². The summed E-state index contributed by atoms with van der Waals surface area (Å²) in [7, 11) is -3.93. The SMILES string of the molecule is CCCCNC(=O)C(Cc1ccccc1)N(Cc1ccc(Cl)c(Cl)c1)C(=O)CN(c1ccc2c(c1)OCCO2)S(=O)(=O)CC. The van der Waals surface area contributed by atoms with Crippen LogP contribution in [0.3, 0.4) is 0 Å². The number of ether oxygens (including phenoxy) is 2. The number of hydrogen-bond acceptors (Lipinski definition) is 6. The van der Waals surface area contributed by atoms with Crippen LogP contribution in [0.15, 0.2) is 66.7 Å². The molecule has 0 fully saturated rings. The van der Waals surface area contributed by atoms with Gasteiger partial charge in [-0.25, -0.2) is 8.42 Å². The van der Waals surface area contributed by atoms with Crippen molar-refractivity contribution in [3.63, 3.8) is 0 Å². The lowest BCUT2D eigenvalue weighted by Crippen LogP contribution is -2.53. The summed E-state index contributed by atoms with van der Waals surface area (Å²) in [6.07, 6.45) is 1.88. The molecule has 4 rings (SSSR count). The van der Waals surface area contributed by atoms with Gasteiger partial charge in [-0.15, -0.1) is 0 Å². The molecular weight excluding hydrogens is 625 g/mol. The highest BCUT2D eigenvalue weighted by molar-refractivity contribution is 7.92. The maximum atomic E-state index is 14.3. The van der Waals surface area contributed by atoms with Crippen LogP contribution in [0, 0.1) is 0 Å². The first-order valence-corrected chi connectivity index (χ1v) is 16.9. The largest absolute Gasteiger partial charge is 0.486 e. The molecule has 3 aromatic rings. The summed E-state index contributed by atoms with van der Waals surface area (Å²) in [6, 6.07) is 18.2. The lowest BCUT2D eigenvalue weighted by molar-refractivity contribution is -0.140. The second-order valence-electron chi connectivity index (χ2n) is 10.4. The quantitative estimate of drug-likeness (QED) is 0.230. The van der Waals surface area contributed by atoms with Crippen LogP contribution in [0.4, 0.5) is 5.69 Å². The normalized spacial score (nSPS) is 13.2. The molecule has 12 heteroatoms. The van der Waals surface area contributed by atoms with Crippen molar-refractivity contribution in [3.8, 4) is 11.5 Å². The van der Waals surface area contributed by atoms with Gasteiger partial charge in [-0.2, -0.15) is 0 Å². The molecule has 44 heavy (non-hydrogen) atoms. The zero-order valence-electron chi connectivity index (χ0n) is 24.8. The molecule has 1 unspecified atom stereocenters. The number of nitrogens with one attached hydrogen (secondary N) is 1. The first kappa shape index (κ1) is 33.4. The molecule has 3 aromatic carbocycles. The van der Waals surface area contributed by atoms with E-state index in [1.165, 1.54) is 11.8 Å². The van der Waals surface area contributed by atoms with E-state index in [4.69, 9.17) is 32.7 Å². The van der Waals surface area contributed by atoms with Crippen molar-refractivity contribution in [3.05, 3.63) is 87.9 Å². The summed E-state index contributed by atoms with van der Waals surface area (Å²) in [5.74, 6) is -0.253. The molecule has 0 saturated heterocycles. The summed E-state index contributed by atoms with van der Waals surface area (Å²) in [5, 5.41) is 3.62. The van der Waals surface area contributed by atoms with E-state index in [0.29, 0.717) is 46.9 Å². The Morgan fingerprint density at radius 3 is 2.32 bits per heavy atom. The van der Waals surface area contributed by atoms with E-state index in [-0.39, 0.29) is 30.3 Å². The van der Waals surface area contributed by atoms with Gasteiger partial charge < -0.3 is 19.7 Å². The minimum Gasteiger partial charge on any atom is -0.486 e. The van der Waals surface area contributed by atoms with Crippen LogP contribution < -0.4 is 19.1 Å². The van der Waals surface area contributed by atoms with Gasteiger partial charge in [0.15, 0.2) is 11.5 Å². The molecule has 9 nitrogen and oxygen atoms in total. The fraction of sp³-hybridized carbons (Fsp3) is 0.375. The maximum absolute atomic E-state index is 14.3. The minimum atomic E-state index is -3.93. The number of sulfonamides is 1. The average Bonchev–Trinajstić information content (AvgIpc) is 3.03. The Morgan fingerprint density at radius 2 is 1.64 bits per heavy atom. The Morgan fingerprint density at radius 1 is 0.909 bits per heavy atom. The van der Waals surface area contributed by atoms with Crippen molar-refractivity contribution in [1.29, 1.82) is 0 Å². The first-order chi connectivity index (χ1) is 21.1. The summed E-state index contributed by atoms with van der Waals surface area (Å²) >= 11 is 12.5. The van der Waals surface area contributed by atoms with Crippen molar-refractivity contribution in [2.75, 3.05) is 36.4 Å². The van der Waals surface area contributed by atoms with Crippen LogP contribution in [0.5, 0.6) is 11.5 Å². The number of carbonyl (C=O) groups excluding carboxylic acids is 2. The van der Waals surface area contributed by atoms with E-state index in [1.54, 1.807) is 36.4 Å². The monoisotopic (exact) mass is 661 g/mol. The third kappa shape index (κ3) is 8.58. The van der Waals surface area contributed by atoms with Crippen LogP contribution in [0.1, 0.15) is 37.8 Å². The average molecular weight is 663 g/mol. The zero-order chi connectivity index (χ0) is 31.7. The van der Waals surface area contributed by atoms with Crippen molar-refractivity contribution in [1.82, 2.24) is 10.2 Å². The van der Waals surface area contributed by atoms with Crippen molar-refractivity contribution < 1.29 is 27.5 Å². The highest BCUT2D eigenvalue weighted by Gasteiger charge is 2.34. The summed E-state index contributed by atoms with van der Waals surface area (Å²) in [6.45, 7) is 4.14. The fourth-order valence-corrected chi connectivity index (χ4v) is 6.18. The van der Waals surface area contributed by atoms with Gasteiger partial charge in [0, 0.05) is 25.6 Å². The number of unbranched alkanes of at least 4 members (excludes halogenated alkanes) is 1. The molecular formula is C32H37Cl2N3O6S. The number of amides is 2. The number of benzene rings is 3. The molecule has 1 atom stereocenters. The standard InChI is InChI=1S/C32H37Cl2N3O6S/c1-3-5-15-35-32(39)28(19-23-9-7-6-8-10-23)36(21-24-11-13-26(33)27(34)18-24)31(38)22-37(44(40,41)4-2)25-12-14-29-30(20-25)43-17-16-42-29/h6-14,18,20,28H,3-5,15-17,19,21-22H2,1-2H3,(H,35,39). The predicted molar refractivity (Wildman–Crippen MR) is 173 cm³/mol. The molecule has 0 aliphatic carbocycles. The first-order valence-electron chi connectivity index (χ1n) is 14.6. The molecule has 236 valence electrons. The van der Waals surface area contributed by atoms with Gasteiger partial charge in [-0.3, -0.25) is 13.9 Å². The Bertz CT molecular complexity index is 1550. The topological polar surface area (TPSA) is 105 Å². The molecule has 2 amide bonds. The van der Waals surface area contributed by atoms with Gasteiger partial charge >= 0.3 is 0 Å². The highest BCUT2D eigenvalue weighted by Crippen LogP contribution is 2.35. The van der Waals surface area contributed by atoms with Crippen LogP contribution >= 0.6 is 23.2 Å². The van der Waals surface area contributed by atoms with Gasteiger partial charge in [0.25, 0.3) is 0 Å². The second-order valence-corrected chi connectivity index (χ2v) is 13.4. The summed E-state index contributed by atoms with van der Waals surface area (Å²) in [5.41, 5.74) is 1.74. The Kier molecular flexibility index (Phi) is 11.8. The third-order valence-electron chi connectivity index (χ3n) is 7.23. The zero-order valence-corrected chi connectivity index (χ0v) is 27.1. The van der Waals surface area contributed by atoms with E-state index in [9.17, 15) is 18.0 Å². The summed E-state index contributed by atoms with van der Waals surface area (Å²) < 4.78 is 39.1. The van der Waals surface area contributed by atoms with Crippen molar-refractivity contribution in [2.24, 2.45) is 0 Å². The molecule has 0 spiro atoms. The lowest BCUT2D eigenvalue weighted by Gasteiger charge is -2.34. The molecule has 0 bridgehead atoms. The third-order valence-corrected chi connectivity index (χ3v) is 9.71. The molecule has 1 heterocycles.